The molecule has 1 N–H and O–H groups in total. The average molecular weight is 370 g/mol. The Labute approximate surface area is 159 Å². The molecule has 0 saturated heterocycles. The van der Waals surface area contributed by atoms with Crippen LogP contribution in [0.1, 0.15) is 48.1 Å². The second-order valence-electron chi connectivity index (χ2n) is 7.87. The van der Waals surface area contributed by atoms with Crippen LogP contribution in [-0.2, 0) is 24.8 Å². The molecule has 0 aliphatic carbocycles. The Bertz CT molecular complexity index is 863. The number of amides is 2. The zero-order chi connectivity index (χ0) is 19.8. The van der Waals surface area contributed by atoms with Crippen LogP contribution in [0.4, 0.5) is 10.5 Å². The summed E-state index contributed by atoms with van der Waals surface area (Å²) in [6.45, 7) is 8.36. The van der Waals surface area contributed by atoms with E-state index in [2.05, 4.69) is 10.4 Å². The molecule has 1 aliphatic heterocycles. The molecule has 2 aromatic rings. The number of hydrogen-bond acceptors (Lipinski definition) is 4. The number of ether oxygens (including phenoxy) is 1. The fraction of sp³-hybridized carbons (Fsp3) is 0.450. The highest BCUT2D eigenvalue weighted by Crippen LogP contribution is 2.24. The lowest BCUT2D eigenvalue weighted by molar-refractivity contribution is 0.0222. The highest BCUT2D eigenvalue weighted by Gasteiger charge is 2.31. The second kappa shape index (κ2) is 7.06. The lowest BCUT2D eigenvalue weighted by Crippen LogP contribution is -2.40. The van der Waals surface area contributed by atoms with Crippen molar-refractivity contribution in [2.45, 2.75) is 46.3 Å². The van der Waals surface area contributed by atoms with Gasteiger partial charge >= 0.3 is 6.09 Å². The van der Waals surface area contributed by atoms with Crippen LogP contribution in [0, 0.1) is 6.92 Å². The van der Waals surface area contributed by atoms with Crippen molar-refractivity contribution in [3.63, 3.8) is 0 Å². The standard InChI is InChI=1S/C20H26N4O3/c1-13-6-8-14(9-7-13)21-18(25)17-15-12-24(19(26)27-20(2,3)4)11-10-16(15)23(5)22-17/h6-9H,10-12H2,1-5H3,(H,21,25). The Hall–Kier alpha value is -2.83. The van der Waals surface area contributed by atoms with Crippen molar-refractivity contribution in [2.75, 3.05) is 11.9 Å². The van der Waals surface area contributed by atoms with Crippen LogP contribution in [0.15, 0.2) is 24.3 Å². The van der Waals surface area contributed by atoms with Gasteiger partial charge in [0.2, 0.25) is 0 Å². The molecular formula is C20H26N4O3. The summed E-state index contributed by atoms with van der Waals surface area (Å²) in [5, 5.41) is 7.28. The molecule has 3 rings (SSSR count). The predicted octanol–water partition coefficient (Wildman–Crippen LogP) is 3.27. The van der Waals surface area contributed by atoms with Gasteiger partial charge in [0.05, 0.1) is 6.54 Å². The van der Waals surface area contributed by atoms with Crippen LogP contribution in [-0.4, -0.2) is 38.8 Å². The number of rotatable bonds is 2. The summed E-state index contributed by atoms with van der Waals surface area (Å²) in [7, 11) is 1.82. The molecule has 144 valence electrons. The Balaban J connectivity index is 1.80. The first-order valence-electron chi connectivity index (χ1n) is 9.05. The molecule has 2 heterocycles. The molecule has 7 heteroatoms. The van der Waals surface area contributed by atoms with Crippen molar-refractivity contribution in [3.05, 3.63) is 46.8 Å². The van der Waals surface area contributed by atoms with E-state index in [1.165, 1.54) is 0 Å². The van der Waals surface area contributed by atoms with E-state index in [0.717, 1.165) is 16.8 Å². The smallest absolute Gasteiger partial charge is 0.410 e. The molecule has 0 unspecified atom stereocenters. The molecular weight excluding hydrogens is 344 g/mol. The lowest BCUT2D eigenvalue weighted by atomic mass is 10.0. The minimum Gasteiger partial charge on any atom is -0.444 e. The maximum Gasteiger partial charge on any atom is 0.410 e. The largest absolute Gasteiger partial charge is 0.444 e. The van der Waals surface area contributed by atoms with E-state index in [1.807, 2.05) is 59.0 Å². The highest BCUT2D eigenvalue weighted by atomic mass is 16.6. The topological polar surface area (TPSA) is 76.5 Å². The van der Waals surface area contributed by atoms with Gasteiger partial charge in [-0.25, -0.2) is 4.79 Å². The third-order valence-electron chi connectivity index (χ3n) is 4.42. The SMILES string of the molecule is Cc1ccc(NC(=O)c2nn(C)c3c2CN(C(=O)OC(C)(C)C)CC3)cc1. The first-order chi connectivity index (χ1) is 12.6. The maximum absolute atomic E-state index is 12.8. The summed E-state index contributed by atoms with van der Waals surface area (Å²) in [5.74, 6) is -0.276. The Morgan fingerprint density at radius 2 is 1.85 bits per heavy atom. The van der Waals surface area contributed by atoms with Crippen LogP contribution in [0.2, 0.25) is 0 Å². The van der Waals surface area contributed by atoms with Gasteiger partial charge in [-0.05, 0) is 39.8 Å². The van der Waals surface area contributed by atoms with E-state index in [9.17, 15) is 9.59 Å². The summed E-state index contributed by atoms with van der Waals surface area (Å²) in [6, 6.07) is 7.59. The van der Waals surface area contributed by atoms with E-state index >= 15 is 0 Å². The molecule has 1 aromatic carbocycles. The normalized spacial score (nSPS) is 13.9. The second-order valence-corrected chi connectivity index (χ2v) is 7.87. The number of benzene rings is 1. The third kappa shape index (κ3) is 4.30. The minimum atomic E-state index is -0.558. The molecule has 0 spiro atoms. The van der Waals surface area contributed by atoms with Gasteiger partial charge in [0.25, 0.3) is 5.91 Å². The molecule has 0 radical (unpaired) electrons. The van der Waals surface area contributed by atoms with E-state index < -0.39 is 5.60 Å². The van der Waals surface area contributed by atoms with Gasteiger partial charge in [0.15, 0.2) is 5.69 Å². The molecule has 2 amide bonds. The van der Waals surface area contributed by atoms with Crippen LogP contribution in [0.5, 0.6) is 0 Å². The first-order valence-corrected chi connectivity index (χ1v) is 9.05. The van der Waals surface area contributed by atoms with E-state index in [0.29, 0.717) is 30.9 Å². The molecule has 0 saturated carbocycles. The van der Waals surface area contributed by atoms with Crippen LogP contribution in [0.25, 0.3) is 0 Å². The fourth-order valence-corrected chi connectivity index (χ4v) is 3.08. The van der Waals surface area contributed by atoms with Crippen LogP contribution in [0.3, 0.4) is 0 Å². The summed E-state index contributed by atoms with van der Waals surface area (Å²) in [5.41, 5.74) is 3.38. The molecule has 1 aromatic heterocycles. The van der Waals surface area contributed by atoms with Gasteiger partial charge in [-0.1, -0.05) is 17.7 Å². The summed E-state index contributed by atoms with van der Waals surface area (Å²) in [4.78, 5) is 26.8. The van der Waals surface area contributed by atoms with Gasteiger partial charge in [-0.15, -0.1) is 0 Å². The summed E-state index contributed by atoms with van der Waals surface area (Å²) >= 11 is 0. The van der Waals surface area contributed by atoms with Crippen LogP contribution < -0.4 is 5.32 Å². The fourth-order valence-electron chi connectivity index (χ4n) is 3.08. The molecule has 0 atom stereocenters. The van der Waals surface area contributed by atoms with Crippen LogP contribution >= 0.6 is 0 Å². The zero-order valence-electron chi connectivity index (χ0n) is 16.5. The lowest BCUT2D eigenvalue weighted by Gasteiger charge is -2.30. The van der Waals surface area contributed by atoms with E-state index in [1.54, 1.807) is 9.58 Å². The van der Waals surface area contributed by atoms with Gasteiger partial charge in [-0.2, -0.15) is 5.10 Å². The number of aromatic nitrogens is 2. The summed E-state index contributed by atoms with van der Waals surface area (Å²) < 4.78 is 7.19. The Morgan fingerprint density at radius 1 is 1.19 bits per heavy atom. The number of nitrogens with one attached hydrogen (secondary N) is 1. The van der Waals surface area contributed by atoms with Gasteiger partial charge in [-0.3, -0.25) is 9.48 Å². The molecule has 0 bridgehead atoms. The Kier molecular flexibility index (Phi) is 4.95. The highest BCUT2D eigenvalue weighted by molar-refractivity contribution is 6.04. The maximum atomic E-state index is 12.8. The predicted molar refractivity (Wildman–Crippen MR) is 103 cm³/mol. The van der Waals surface area contributed by atoms with Crippen molar-refractivity contribution in [3.8, 4) is 0 Å². The van der Waals surface area contributed by atoms with Crippen molar-refractivity contribution >= 4 is 17.7 Å². The molecule has 7 nitrogen and oxygen atoms in total. The van der Waals surface area contributed by atoms with Gasteiger partial charge < -0.3 is 15.0 Å². The number of hydrogen-bond donors (Lipinski definition) is 1. The monoisotopic (exact) mass is 370 g/mol. The summed E-state index contributed by atoms with van der Waals surface area (Å²) in [6.07, 6.45) is 0.262. The zero-order valence-corrected chi connectivity index (χ0v) is 16.5. The van der Waals surface area contributed by atoms with Gasteiger partial charge in [0, 0.05) is 37.0 Å². The van der Waals surface area contributed by atoms with Gasteiger partial charge in [0.1, 0.15) is 5.60 Å². The quantitative estimate of drug-likeness (QED) is 0.880. The van der Waals surface area contributed by atoms with Crippen molar-refractivity contribution in [1.29, 1.82) is 0 Å². The Morgan fingerprint density at radius 3 is 2.48 bits per heavy atom. The molecule has 0 fully saturated rings. The number of carbonyl (C=O) groups excluding carboxylic acids is 2. The number of aryl methyl sites for hydroxylation is 2. The number of nitrogens with zero attached hydrogens (tertiary/aromatic N) is 3. The third-order valence-corrected chi connectivity index (χ3v) is 4.42. The minimum absolute atomic E-state index is 0.276. The number of carbonyl (C=O) groups is 2. The number of anilines is 1. The van der Waals surface area contributed by atoms with E-state index in [4.69, 9.17) is 4.74 Å². The van der Waals surface area contributed by atoms with E-state index in [-0.39, 0.29) is 12.0 Å². The molecule has 27 heavy (non-hydrogen) atoms. The molecule has 1 aliphatic rings. The van der Waals surface area contributed by atoms with Crippen molar-refractivity contribution in [1.82, 2.24) is 14.7 Å². The number of fused-ring (bicyclic) bond motifs is 1. The van der Waals surface area contributed by atoms with Crippen molar-refractivity contribution < 1.29 is 14.3 Å². The average Bonchev–Trinajstić information content (AvgIpc) is 2.92. The van der Waals surface area contributed by atoms with Crippen molar-refractivity contribution in [2.24, 2.45) is 7.05 Å². The first kappa shape index (κ1) is 18.9.